The van der Waals surface area contributed by atoms with E-state index in [9.17, 15) is 56.2 Å². The molecule has 0 aromatic carbocycles. The molecule has 12 aliphatic carbocycles. The molecule has 124 heavy (non-hydrogen) atoms. The second kappa shape index (κ2) is 43.4. The SMILES string of the molecule is C=C1[C@H](O)CC(=C/C=C2\CCC[C@@]3(C)C2CC[C@@H]3[C@@H](C)[C@@H](C)CCC(C)(C)O)C[C@H]1O.C=C1[C@H](O)CC(=C/C=C2\CCC[C@@]3(C)C2CC[C@@H]3[C@@H](C)[C@H](C)CCC(C)(C)O)C[C@H]1O.C=C1[C@H](O)CC(=C/C=C2\CCC[C@@]3(C)C2CC[C@@H]3[C@H](C)[C@@H](C)CCC(C)(C)O)C[C@H]1O.C=C1[C@H](O)CC(=C/C=C2\CCC[C@@]3(C)C2CC[C@@H]3[C@H](C)[C@H](C)CCC(C)(C)C)C[C@H]1O. The average molecular weight is 1720 g/mol. The van der Waals surface area contributed by atoms with Crippen molar-refractivity contribution in [2.75, 3.05) is 0 Å². The van der Waals surface area contributed by atoms with Gasteiger partial charge in [-0.3, -0.25) is 0 Å². The van der Waals surface area contributed by atoms with Gasteiger partial charge in [0.05, 0.1) is 65.6 Å². The monoisotopic (exact) mass is 1720 g/mol. The molecule has 0 saturated heterocycles. The summed E-state index contributed by atoms with van der Waals surface area (Å²) >= 11 is 0. The van der Waals surface area contributed by atoms with Gasteiger partial charge in [0.2, 0.25) is 0 Å². The highest BCUT2D eigenvalue weighted by Crippen LogP contribution is 2.65. The summed E-state index contributed by atoms with van der Waals surface area (Å²) in [6.45, 7) is 63.6. The van der Waals surface area contributed by atoms with Crippen molar-refractivity contribution >= 4 is 0 Å². The van der Waals surface area contributed by atoms with Crippen LogP contribution in [0.1, 0.15) is 377 Å². The fraction of sp³-hybridized carbons (Fsp3) is 0.788. The molecule has 704 valence electrons. The molecule has 4 unspecified atom stereocenters. The Morgan fingerprint density at radius 2 is 0.468 bits per heavy atom. The fourth-order valence-electron chi connectivity index (χ4n) is 27.3. The summed E-state index contributed by atoms with van der Waals surface area (Å²) in [5, 5.41) is 112. The van der Waals surface area contributed by atoms with Gasteiger partial charge < -0.3 is 56.2 Å². The highest BCUT2D eigenvalue weighted by Gasteiger charge is 2.56. The summed E-state index contributed by atoms with van der Waals surface area (Å²) in [6.07, 6.45) is 52.1. The number of rotatable bonds is 23. The number of hydrogen-bond donors (Lipinski definition) is 11. The van der Waals surface area contributed by atoms with Crippen LogP contribution < -0.4 is 0 Å². The standard InChI is InChI=1S/C29H48O2.3C28H46O3/c1-19(14-16-28(4,5)6)20(2)24-12-13-25-23(9-8-15-29(24,25)7)11-10-22-17-26(30)21(3)27(31)18-22;3*1-18(13-15-27(4,5)31)19(2)23-11-12-24-22(8-7-14-28(23,24)6)10-9-21-16-25(29)20(3)26(30)17-21/h10-11,19-20,24-27,30-31H,3,8-9,12-18H2,1-2,4-7H3;3*9-10,18-19,23-26,29-31H,3,7-8,11-17H2,1-2,4-6H3/b23-11+;3*22-10+/t19-,20-,24-,25?,26-,27-,29-;18-,19+,23+,24?,25+,26+,28+;18-,19+,23-,24?,25-,26-,28-;18-,19-,23+,24?,25+,26+,28+/m1010/s1. The minimum atomic E-state index is -0.618. The number of hydrogen-bond acceptors (Lipinski definition) is 11. The van der Waals surface area contributed by atoms with Gasteiger partial charge in [0.15, 0.2) is 0 Å². The molecule has 0 radical (unpaired) electrons. The third kappa shape index (κ3) is 26.5. The van der Waals surface area contributed by atoms with Gasteiger partial charge in [0.25, 0.3) is 0 Å². The molecule has 0 aliphatic heterocycles. The van der Waals surface area contributed by atoms with Gasteiger partial charge in [-0.25, -0.2) is 0 Å². The number of allylic oxidation sites excluding steroid dienone is 12. The lowest BCUT2D eigenvalue weighted by atomic mass is 9.59. The Bertz CT molecular complexity index is 3270. The molecule has 0 amide bonds. The average Bonchev–Trinajstić information content (AvgIpc) is 1.62. The molecule has 0 bridgehead atoms. The van der Waals surface area contributed by atoms with Gasteiger partial charge >= 0.3 is 0 Å². The Morgan fingerprint density at radius 3 is 0.637 bits per heavy atom. The zero-order valence-electron chi connectivity index (χ0n) is 82.7. The van der Waals surface area contributed by atoms with Crippen molar-refractivity contribution in [3.63, 3.8) is 0 Å². The van der Waals surface area contributed by atoms with Crippen molar-refractivity contribution in [1.29, 1.82) is 0 Å². The summed E-state index contributed by atoms with van der Waals surface area (Å²) in [6, 6.07) is 0. The Morgan fingerprint density at radius 1 is 0.290 bits per heavy atom. The minimum Gasteiger partial charge on any atom is -0.390 e. The molecule has 11 nitrogen and oxygen atoms in total. The molecule has 11 heteroatoms. The number of aliphatic hydroxyl groups is 11. The normalized spacial score (nSPS) is 37.6. The van der Waals surface area contributed by atoms with Gasteiger partial charge in [-0.2, -0.15) is 0 Å². The lowest BCUT2D eigenvalue weighted by molar-refractivity contribution is 0.0442. The van der Waals surface area contributed by atoms with Gasteiger partial charge in [-0.15, -0.1) is 0 Å². The highest BCUT2D eigenvalue weighted by molar-refractivity contribution is 5.35. The zero-order valence-corrected chi connectivity index (χ0v) is 82.7. The molecule has 12 fully saturated rings. The topological polar surface area (TPSA) is 223 Å². The first-order valence-electron chi connectivity index (χ1n) is 50.6. The van der Waals surface area contributed by atoms with Crippen LogP contribution in [0.3, 0.4) is 0 Å². The lowest BCUT2D eigenvalue weighted by Crippen LogP contribution is -2.37. The van der Waals surface area contributed by atoms with E-state index in [1.807, 2.05) is 41.5 Å². The molecule has 12 rings (SSSR count). The molecule has 12 aliphatic rings. The fourth-order valence-corrected chi connectivity index (χ4v) is 27.3. The van der Waals surface area contributed by atoms with E-state index in [0.29, 0.717) is 160 Å². The van der Waals surface area contributed by atoms with E-state index >= 15 is 0 Å². The van der Waals surface area contributed by atoms with Crippen molar-refractivity contribution < 1.29 is 56.2 Å². The third-order valence-corrected chi connectivity index (χ3v) is 36.5. The molecular weight excluding hydrogens is 1530 g/mol. The summed E-state index contributed by atoms with van der Waals surface area (Å²) in [7, 11) is 0. The lowest BCUT2D eigenvalue weighted by Gasteiger charge is -2.45. The number of fused-ring (bicyclic) bond motifs is 4. The van der Waals surface area contributed by atoms with Crippen LogP contribution in [0, 0.1) is 122 Å². The summed E-state index contributed by atoms with van der Waals surface area (Å²) in [5.41, 5.74) is 13.4. The van der Waals surface area contributed by atoms with Crippen molar-refractivity contribution in [2.45, 2.75) is 442 Å². The predicted octanol–water partition coefficient (Wildman–Crippen LogP) is 25.1. The van der Waals surface area contributed by atoms with Gasteiger partial charge in [-0.05, 0) is 417 Å². The zero-order chi connectivity index (χ0) is 91.9. The second-order valence-corrected chi connectivity index (χ2v) is 48.2. The van der Waals surface area contributed by atoms with Gasteiger partial charge in [0, 0.05) is 0 Å². The van der Waals surface area contributed by atoms with E-state index < -0.39 is 65.6 Å². The Hall–Kier alpha value is -3.56. The van der Waals surface area contributed by atoms with Crippen LogP contribution in [0.4, 0.5) is 0 Å². The first-order chi connectivity index (χ1) is 57.7. The van der Waals surface area contributed by atoms with Crippen molar-refractivity contribution in [1.82, 2.24) is 0 Å². The van der Waals surface area contributed by atoms with E-state index in [0.717, 1.165) is 96.3 Å². The van der Waals surface area contributed by atoms with Crippen molar-refractivity contribution in [2.24, 2.45) is 122 Å². The van der Waals surface area contributed by atoms with Crippen molar-refractivity contribution in [3.8, 4) is 0 Å². The summed E-state index contributed by atoms with van der Waals surface area (Å²) in [5.74, 6) is 11.2. The largest absolute Gasteiger partial charge is 0.390 e. The van der Waals surface area contributed by atoms with Crippen LogP contribution in [0.5, 0.6) is 0 Å². The first-order valence-corrected chi connectivity index (χ1v) is 50.6. The molecule has 11 N–H and O–H groups in total. The molecule has 12 saturated carbocycles. The van der Waals surface area contributed by atoms with Crippen LogP contribution in [-0.4, -0.2) is 122 Å². The van der Waals surface area contributed by atoms with E-state index in [4.69, 9.17) is 0 Å². The van der Waals surface area contributed by atoms with Crippen LogP contribution in [0.25, 0.3) is 0 Å². The maximum atomic E-state index is 10.2. The summed E-state index contributed by atoms with van der Waals surface area (Å²) in [4.78, 5) is 0. The van der Waals surface area contributed by atoms with Gasteiger partial charge in [0.1, 0.15) is 0 Å². The maximum Gasteiger partial charge on any atom is 0.0809 e. The summed E-state index contributed by atoms with van der Waals surface area (Å²) < 4.78 is 0. The molecule has 0 heterocycles. The second-order valence-electron chi connectivity index (χ2n) is 48.2. The Balaban J connectivity index is 0.000000187. The van der Waals surface area contributed by atoms with E-state index in [2.05, 4.69) is 179 Å². The van der Waals surface area contributed by atoms with Gasteiger partial charge in [-0.1, -0.05) is 223 Å². The molecular formula is C113H186O11. The molecule has 0 spiro atoms. The van der Waals surface area contributed by atoms with Crippen LogP contribution in [0.15, 0.2) is 142 Å². The van der Waals surface area contributed by atoms with E-state index in [1.165, 1.54) is 141 Å². The molecule has 28 atom stereocenters. The first kappa shape index (κ1) is 104. The Kier molecular flexibility index (Phi) is 36.5. The third-order valence-electron chi connectivity index (χ3n) is 36.5. The quantitative estimate of drug-likeness (QED) is 0.0432. The van der Waals surface area contributed by atoms with E-state index in [1.54, 1.807) is 22.3 Å². The van der Waals surface area contributed by atoms with Crippen LogP contribution in [-0.2, 0) is 0 Å². The van der Waals surface area contributed by atoms with Crippen molar-refractivity contribution in [3.05, 3.63) is 142 Å². The van der Waals surface area contributed by atoms with Crippen LogP contribution >= 0.6 is 0 Å². The molecule has 0 aromatic rings. The minimum absolute atomic E-state index is 0.366. The highest BCUT2D eigenvalue weighted by atomic mass is 16.3. The predicted molar refractivity (Wildman–Crippen MR) is 517 cm³/mol. The van der Waals surface area contributed by atoms with E-state index in [-0.39, 0.29) is 0 Å². The smallest absolute Gasteiger partial charge is 0.0809 e. The number of aliphatic hydroxyl groups excluding tert-OH is 8. The molecule has 0 aromatic heterocycles. The maximum absolute atomic E-state index is 10.2. The Labute approximate surface area is 757 Å². The van der Waals surface area contributed by atoms with Crippen LogP contribution in [0.2, 0.25) is 0 Å².